The number of unbranched alkanes of at least 4 members (excludes halogenated alkanes) is 3. The van der Waals surface area contributed by atoms with Crippen molar-refractivity contribution in [2.24, 2.45) is 11.8 Å². The van der Waals surface area contributed by atoms with Crippen molar-refractivity contribution in [3.05, 3.63) is 29.1 Å². The van der Waals surface area contributed by atoms with Crippen molar-refractivity contribution in [3.63, 3.8) is 0 Å². The molecule has 0 unspecified atom stereocenters. The van der Waals surface area contributed by atoms with Crippen molar-refractivity contribution >= 4 is 11.7 Å². The number of esters is 1. The van der Waals surface area contributed by atoms with E-state index >= 15 is 0 Å². The van der Waals surface area contributed by atoms with Gasteiger partial charge in [0.15, 0.2) is 0 Å². The monoisotopic (exact) mass is 396 g/mol. The number of benzene rings is 1. The number of carbonyl (C=O) groups is 1. The van der Waals surface area contributed by atoms with E-state index in [1.54, 1.807) is 12.1 Å². The molecule has 0 atom stereocenters. The maximum absolute atomic E-state index is 12.7. The highest BCUT2D eigenvalue weighted by atomic mass is 16.5. The molecular formula is C24H32N2O3. The highest BCUT2D eigenvalue weighted by Crippen LogP contribution is 2.39. The number of rotatable bonds is 10. The van der Waals surface area contributed by atoms with Gasteiger partial charge in [0.05, 0.1) is 25.2 Å². The average Bonchev–Trinajstić information content (AvgIpc) is 2.74. The lowest BCUT2D eigenvalue weighted by Gasteiger charge is -2.27. The van der Waals surface area contributed by atoms with E-state index in [-0.39, 0.29) is 28.9 Å². The number of hydrogen-bond donors (Lipinski definition) is 0. The Kier molecular flexibility index (Phi) is 9.51. The Balaban J connectivity index is 2.00. The van der Waals surface area contributed by atoms with E-state index in [9.17, 15) is 10.1 Å². The molecule has 1 saturated carbocycles. The van der Waals surface area contributed by atoms with Crippen molar-refractivity contribution in [3.8, 4) is 17.6 Å². The normalized spacial score (nSPS) is 18.5. The number of hydrogen-bond acceptors (Lipinski definition) is 4. The summed E-state index contributed by atoms with van der Waals surface area (Å²) in [5, 5.41) is 9.55. The van der Waals surface area contributed by atoms with Gasteiger partial charge in [-0.2, -0.15) is 5.26 Å². The first-order valence-electron chi connectivity index (χ1n) is 10.9. The lowest BCUT2D eigenvalue weighted by atomic mass is 9.80. The summed E-state index contributed by atoms with van der Waals surface area (Å²) < 4.78 is 11.2. The SMILES string of the molecule is [C-]#[N+]c1c(OCCCC)ccc(OC(=O)C2CCC(CCCCC)CC2)c1C#N. The summed E-state index contributed by atoms with van der Waals surface area (Å²) in [7, 11) is 0. The van der Waals surface area contributed by atoms with Crippen molar-refractivity contribution in [2.45, 2.75) is 78.1 Å². The molecule has 1 aromatic carbocycles. The van der Waals surface area contributed by atoms with E-state index in [1.807, 2.05) is 6.07 Å². The van der Waals surface area contributed by atoms with Gasteiger partial charge in [0, 0.05) is 0 Å². The first-order chi connectivity index (χ1) is 14.1. The highest BCUT2D eigenvalue weighted by Gasteiger charge is 2.28. The molecule has 1 aromatic rings. The Labute approximate surface area is 174 Å². The van der Waals surface area contributed by atoms with Crippen LogP contribution in [0.3, 0.4) is 0 Å². The maximum atomic E-state index is 12.7. The second-order valence-corrected chi connectivity index (χ2v) is 7.85. The second kappa shape index (κ2) is 12.1. The quantitative estimate of drug-likeness (QED) is 0.194. The van der Waals surface area contributed by atoms with E-state index in [1.165, 1.54) is 25.7 Å². The van der Waals surface area contributed by atoms with Gasteiger partial charge in [-0.05, 0) is 50.2 Å². The predicted molar refractivity (Wildman–Crippen MR) is 113 cm³/mol. The Hall–Kier alpha value is -2.53. The van der Waals surface area contributed by atoms with Gasteiger partial charge in [0.1, 0.15) is 17.1 Å². The van der Waals surface area contributed by atoms with Gasteiger partial charge in [-0.25, -0.2) is 4.85 Å². The fraction of sp³-hybridized carbons (Fsp3) is 0.625. The van der Waals surface area contributed by atoms with Gasteiger partial charge in [-0.1, -0.05) is 46.0 Å². The zero-order valence-electron chi connectivity index (χ0n) is 17.7. The van der Waals surface area contributed by atoms with Crippen LogP contribution < -0.4 is 9.47 Å². The second-order valence-electron chi connectivity index (χ2n) is 7.85. The molecule has 0 aromatic heterocycles. The third kappa shape index (κ3) is 6.50. The van der Waals surface area contributed by atoms with Crippen molar-refractivity contribution in [1.82, 2.24) is 0 Å². The summed E-state index contributed by atoms with van der Waals surface area (Å²) in [6.07, 6.45) is 10.7. The van der Waals surface area contributed by atoms with Crippen LogP contribution in [0, 0.1) is 29.7 Å². The van der Waals surface area contributed by atoms with Crippen LogP contribution in [0.1, 0.15) is 83.6 Å². The number of ether oxygens (including phenoxy) is 2. The lowest BCUT2D eigenvalue weighted by molar-refractivity contribution is -0.140. The fourth-order valence-electron chi connectivity index (χ4n) is 3.86. The zero-order chi connectivity index (χ0) is 21.1. The summed E-state index contributed by atoms with van der Waals surface area (Å²) in [4.78, 5) is 16.1. The molecule has 2 rings (SSSR count). The number of nitrogens with zero attached hydrogens (tertiary/aromatic N) is 2. The highest BCUT2D eigenvalue weighted by molar-refractivity contribution is 5.79. The van der Waals surface area contributed by atoms with Crippen molar-refractivity contribution < 1.29 is 14.3 Å². The van der Waals surface area contributed by atoms with Gasteiger partial charge in [0.2, 0.25) is 5.69 Å². The average molecular weight is 397 g/mol. The topological polar surface area (TPSA) is 63.7 Å². The molecule has 1 aliphatic carbocycles. The van der Waals surface area contributed by atoms with E-state index in [0.29, 0.717) is 18.3 Å². The molecule has 0 saturated heterocycles. The van der Waals surface area contributed by atoms with Gasteiger partial charge in [-0.3, -0.25) is 4.79 Å². The van der Waals surface area contributed by atoms with Crippen LogP contribution in [0.25, 0.3) is 4.85 Å². The smallest absolute Gasteiger partial charge is 0.314 e. The first-order valence-corrected chi connectivity index (χ1v) is 10.9. The lowest BCUT2D eigenvalue weighted by Crippen LogP contribution is -2.26. The van der Waals surface area contributed by atoms with Crippen LogP contribution in [0.5, 0.6) is 11.5 Å². The van der Waals surface area contributed by atoms with Gasteiger partial charge >= 0.3 is 5.97 Å². The number of carbonyl (C=O) groups excluding carboxylic acids is 1. The third-order valence-corrected chi connectivity index (χ3v) is 5.69. The molecule has 5 nitrogen and oxygen atoms in total. The number of nitriles is 1. The van der Waals surface area contributed by atoms with Gasteiger partial charge < -0.3 is 9.47 Å². The minimum atomic E-state index is -0.288. The third-order valence-electron chi connectivity index (χ3n) is 5.69. The Bertz CT molecular complexity index is 753. The molecule has 156 valence electrons. The summed E-state index contributed by atoms with van der Waals surface area (Å²) >= 11 is 0. The minimum absolute atomic E-state index is 0.0793. The van der Waals surface area contributed by atoms with Crippen LogP contribution in [0.2, 0.25) is 0 Å². The molecule has 0 spiro atoms. The van der Waals surface area contributed by atoms with Crippen molar-refractivity contribution in [2.75, 3.05) is 6.61 Å². The molecule has 0 bridgehead atoms. The molecule has 5 heteroatoms. The molecule has 1 fully saturated rings. The molecule has 0 amide bonds. The minimum Gasteiger partial charge on any atom is -0.505 e. The summed E-state index contributed by atoms with van der Waals surface area (Å²) in [5.74, 6) is 0.840. The molecule has 29 heavy (non-hydrogen) atoms. The van der Waals surface area contributed by atoms with Gasteiger partial charge in [0.25, 0.3) is 0 Å². The molecule has 0 aliphatic heterocycles. The van der Waals surface area contributed by atoms with E-state index in [0.717, 1.165) is 38.5 Å². The first kappa shape index (κ1) is 22.8. The van der Waals surface area contributed by atoms with Crippen LogP contribution >= 0.6 is 0 Å². The molecule has 1 aliphatic rings. The molecule has 0 radical (unpaired) electrons. The summed E-state index contributed by atoms with van der Waals surface area (Å²) in [6.45, 7) is 12.2. The van der Waals surface area contributed by atoms with Crippen LogP contribution in [-0.4, -0.2) is 12.6 Å². The van der Waals surface area contributed by atoms with Crippen molar-refractivity contribution in [1.29, 1.82) is 5.26 Å². The molecule has 0 N–H and O–H groups in total. The largest absolute Gasteiger partial charge is 0.505 e. The fourth-order valence-corrected chi connectivity index (χ4v) is 3.86. The predicted octanol–water partition coefficient (Wildman–Crippen LogP) is 6.58. The van der Waals surface area contributed by atoms with Crippen LogP contribution in [-0.2, 0) is 4.79 Å². The summed E-state index contributed by atoms with van der Waals surface area (Å²) in [6, 6.07) is 5.21. The van der Waals surface area contributed by atoms with Gasteiger partial charge in [-0.15, -0.1) is 0 Å². The van der Waals surface area contributed by atoms with Crippen LogP contribution in [0.4, 0.5) is 5.69 Å². The van der Waals surface area contributed by atoms with Crippen LogP contribution in [0.15, 0.2) is 12.1 Å². The van der Waals surface area contributed by atoms with E-state index in [2.05, 4.69) is 18.7 Å². The molecule has 0 heterocycles. The summed E-state index contributed by atoms with van der Waals surface area (Å²) in [5.41, 5.74) is 0.198. The zero-order valence-corrected chi connectivity index (χ0v) is 17.7. The van der Waals surface area contributed by atoms with E-state index < -0.39 is 0 Å². The standard InChI is InChI=1S/C24H32N2O3/c1-4-6-8-9-18-10-12-19(13-11-18)24(27)29-21-14-15-22(28-16-7-5-2)23(26-3)20(21)17-25/h14-15,18-19H,4-13,16H2,1-2H3. The van der Waals surface area contributed by atoms with E-state index in [4.69, 9.17) is 16.0 Å². The maximum Gasteiger partial charge on any atom is 0.314 e. The molecular weight excluding hydrogens is 364 g/mol. The Morgan fingerprint density at radius 2 is 1.83 bits per heavy atom. The Morgan fingerprint density at radius 3 is 2.45 bits per heavy atom. The Morgan fingerprint density at radius 1 is 1.14 bits per heavy atom.